The first-order chi connectivity index (χ1) is 13.3. The molecule has 0 aromatic heterocycles. The van der Waals surface area contributed by atoms with Crippen LogP contribution in [0.4, 0.5) is 16.2 Å². The third-order valence-electron chi connectivity index (χ3n) is 4.03. The van der Waals surface area contributed by atoms with Crippen LogP contribution in [0.2, 0.25) is 0 Å². The number of non-ortho nitro benzene ring substituents is 1. The third kappa shape index (κ3) is 4.65. The van der Waals surface area contributed by atoms with Crippen LogP contribution in [0.15, 0.2) is 42.5 Å². The summed E-state index contributed by atoms with van der Waals surface area (Å²) in [7, 11) is 0. The van der Waals surface area contributed by atoms with E-state index in [0.717, 1.165) is 11.8 Å². The molecule has 3 N–H and O–H groups in total. The van der Waals surface area contributed by atoms with Crippen molar-refractivity contribution in [3.8, 4) is 5.75 Å². The fraction of sp³-hybridized carbons (Fsp3) is 0.167. The summed E-state index contributed by atoms with van der Waals surface area (Å²) in [4.78, 5) is 45.3. The Labute approximate surface area is 163 Å². The van der Waals surface area contributed by atoms with E-state index in [9.17, 15) is 29.6 Å². The highest BCUT2D eigenvalue weighted by Gasteiger charge is 2.31. The summed E-state index contributed by atoms with van der Waals surface area (Å²) < 4.78 is 0. The second-order valence-electron chi connectivity index (χ2n) is 6.09. The van der Waals surface area contributed by atoms with Crippen molar-refractivity contribution in [1.29, 1.82) is 0 Å². The Morgan fingerprint density at radius 3 is 2.46 bits per heavy atom. The Morgan fingerprint density at radius 2 is 1.86 bits per heavy atom. The summed E-state index contributed by atoms with van der Waals surface area (Å²) in [6.07, 6.45) is 0.241. The number of phenols is 1. The number of nitro groups is 1. The van der Waals surface area contributed by atoms with Crippen molar-refractivity contribution in [2.75, 3.05) is 5.32 Å². The summed E-state index contributed by atoms with van der Waals surface area (Å²) in [6, 6.07) is 10.1. The second-order valence-corrected chi connectivity index (χ2v) is 7.26. The largest absolute Gasteiger partial charge is 0.506 e. The van der Waals surface area contributed by atoms with Crippen LogP contribution < -0.4 is 10.6 Å². The van der Waals surface area contributed by atoms with Gasteiger partial charge in [-0.1, -0.05) is 30.0 Å². The van der Waals surface area contributed by atoms with Gasteiger partial charge in [0, 0.05) is 12.1 Å². The molecule has 0 aliphatic carbocycles. The minimum atomic E-state index is -0.555. The topological polar surface area (TPSA) is 139 Å². The first-order valence-corrected chi connectivity index (χ1v) is 9.06. The molecule has 1 aliphatic rings. The third-order valence-corrected chi connectivity index (χ3v) is 5.02. The average Bonchev–Trinajstić information content (AvgIpc) is 2.95. The van der Waals surface area contributed by atoms with E-state index in [-0.39, 0.29) is 35.9 Å². The number of hydrogen-bond acceptors (Lipinski definition) is 7. The lowest BCUT2D eigenvalue weighted by atomic mass is 10.1. The Hall–Kier alpha value is -3.40. The van der Waals surface area contributed by atoms with E-state index in [2.05, 4.69) is 10.6 Å². The van der Waals surface area contributed by atoms with Gasteiger partial charge in [-0.05, 0) is 29.7 Å². The summed E-state index contributed by atoms with van der Waals surface area (Å²) >= 11 is 0.900. The van der Waals surface area contributed by atoms with E-state index in [1.165, 1.54) is 30.3 Å². The number of carbonyl (C=O) groups is 3. The molecule has 9 nitrogen and oxygen atoms in total. The van der Waals surface area contributed by atoms with Gasteiger partial charge in [-0.15, -0.1) is 0 Å². The monoisotopic (exact) mass is 401 g/mol. The smallest absolute Gasteiger partial charge is 0.286 e. The van der Waals surface area contributed by atoms with Crippen molar-refractivity contribution in [3.05, 3.63) is 63.7 Å². The zero-order valence-corrected chi connectivity index (χ0v) is 15.2. The second kappa shape index (κ2) is 8.09. The molecule has 1 fully saturated rings. The standard InChI is InChI=1S/C18H15N3O6S/c22-14-6-3-11(8-15-17(24)20-18(25)28-15)7-13(14)19-16(23)9-10-1-4-12(5-2-10)21(26)27/h1-7,15,22H,8-9H2,(H,19,23)(H,20,24,25). The number of carbonyl (C=O) groups excluding carboxylic acids is 3. The van der Waals surface area contributed by atoms with Gasteiger partial charge < -0.3 is 10.4 Å². The van der Waals surface area contributed by atoms with Crippen LogP contribution in [0.5, 0.6) is 5.75 Å². The van der Waals surface area contributed by atoms with Crippen LogP contribution >= 0.6 is 11.8 Å². The number of anilines is 1. The van der Waals surface area contributed by atoms with Gasteiger partial charge in [-0.25, -0.2) is 0 Å². The minimum absolute atomic E-state index is 0.0307. The molecular weight excluding hydrogens is 386 g/mol. The maximum Gasteiger partial charge on any atom is 0.286 e. The Morgan fingerprint density at radius 1 is 1.18 bits per heavy atom. The summed E-state index contributed by atoms with van der Waals surface area (Å²) in [5.74, 6) is -0.920. The molecule has 144 valence electrons. The van der Waals surface area contributed by atoms with Crippen LogP contribution in [-0.4, -0.2) is 32.3 Å². The predicted octanol–water partition coefficient (Wildman–Crippen LogP) is 2.38. The van der Waals surface area contributed by atoms with Crippen LogP contribution in [-0.2, 0) is 22.4 Å². The molecule has 10 heteroatoms. The van der Waals surface area contributed by atoms with Gasteiger partial charge in [0.15, 0.2) is 0 Å². The number of nitrogens with zero attached hydrogens (tertiary/aromatic N) is 1. The summed E-state index contributed by atoms with van der Waals surface area (Å²) in [5.41, 5.74) is 1.36. The van der Waals surface area contributed by atoms with Crippen LogP contribution in [0.25, 0.3) is 0 Å². The lowest BCUT2D eigenvalue weighted by Crippen LogP contribution is -2.25. The molecule has 0 saturated carbocycles. The number of nitrogens with one attached hydrogen (secondary N) is 2. The number of aromatic hydroxyl groups is 1. The summed E-state index contributed by atoms with van der Waals surface area (Å²) in [5, 5.41) is 24.5. The van der Waals surface area contributed by atoms with E-state index in [4.69, 9.17) is 0 Å². The molecule has 1 unspecified atom stereocenters. The molecule has 1 aliphatic heterocycles. The van der Waals surface area contributed by atoms with Gasteiger partial charge in [-0.2, -0.15) is 0 Å². The number of benzene rings is 2. The minimum Gasteiger partial charge on any atom is -0.506 e. The molecule has 3 amide bonds. The van der Waals surface area contributed by atoms with Crippen LogP contribution in [0.3, 0.4) is 0 Å². The van der Waals surface area contributed by atoms with E-state index in [0.29, 0.717) is 11.1 Å². The maximum absolute atomic E-state index is 12.2. The number of amides is 3. The predicted molar refractivity (Wildman–Crippen MR) is 102 cm³/mol. The van der Waals surface area contributed by atoms with Gasteiger partial charge in [0.05, 0.1) is 22.3 Å². The van der Waals surface area contributed by atoms with Gasteiger partial charge in [-0.3, -0.25) is 29.8 Å². The Kier molecular flexibility index (Phi) is 5.59. The molecule has 28 heavy (non-hydrogen) atoms. The number of nitro benzene ring substituents is 1. The molecule has 0 bridgehead atoms. The van der Waals surface area contributed by atoms with E-state index in [1.54, 1.807) is 12.1 Å². The Bertz CT molecular complexity index is 960. The molecule has 0 radical (unpaired) electrons. The van der Waals surface area contributed by atoms with Crippen molar-refractivity contribution < 1.29 is 24.4 Å². The molecule has 1 atom stereocenters. The number of phenolic OH excluding ortho intramolecular Hbond substituents is 1. The van der Waals surface area contributed by atoms with Crippen molar-refractivity contribution in [2.24, 2.45) is 0 Å². The first-order valence-electron chi connectivity index (χ1n) is 8.18. The lowest BCUT2D eigenvalue weighted by Gasteiger charge is -2.11. The molecular formula is C18H15N3O6S. The van der Waals surface area contributed by atoms with E-state index >= 15 is 0 Å². The number of hydrogen-bond donors (Lipinski definition) is 3. The zero-order valence-electron chi connectivity index (χ0n) is 14.4. The number of imide groups is 1. The first kappa shape index (κ1) is 19.4. The average molecular weight is 401 g/mol. The molecule has 3 rings (SSSR count). The highest BCUT2D eigenvalue weighted by atomic mass is 32.2. The van der Waals surface area contributed by atoms with E-state index in [1.807, 2.05) is 0 Å². The van der Waals surface area contributed by atoms with Crippen LogP contribution in [0, 0.1) is 10.1 Å². The fourth-order valence-electron chi connectivity index (χ4n) is 2.67. The van der Waals surface area contributed by atoms with Crippen molar-refractivity contribution >= 4 is 40.2 Å². The van der Waals surface area contributed by atoms with Gasteiger partial charge >= 0.3 is 0 Å². The molecule has 2 aromatic rings. The lowest BCUT2D eigenvalue weighted by molar-refractivity contribution is -0.384. The van der Waals surface area contributed by atoms with Gasteiger partial charge in [0.25, 0.3) is 10.9 Å². The zero-order chi connectivity index (χ0) is 20.3. The Balaban J connectivity index is 1.66. The highest BCUT2D eigenvalue weighted by molar-refractivity contribution is 8.15. The molecule has 1 heterocycles. The van der Waals surface area contributed by atoms with Crippen molar-refractivity contribution in [3.63, 3.8) is 0 Å². The molecule has 1 saturated heterocycles. The highest BCUT2D eigenvalue weighted by Crippen LogP contribution is 2.28. The van der Waals surface area contributed by atoms with Gasteiger partial charge in [0.1, 0.15) is 5.75 Å². The van der Waals surface area contributed by atoms with Crippen molar-refractivity contribution in [1.82, 2.24) is 5.32 Å². The van der Waals surface area contributed by atoms with Crippen LogP contribution in [0.1, 0.15) is 11.1 Å². The normalized spacial score (nSPS) is 15.9. The fourth-order valence-corrected chi connectivity index (χ4v) is 3.53. The quantitative estimate of drug-likeness (QED) is 0.384. The van der Waals surface area contributed by atoms with Crippen molar-refractivity contribution in [2.45, 2.75) is 18.1 Å². The van der Waals surface area contributed by atoms with E-state index < -0.39 is 21.3 Å². The maximum atomic E-state index is 12.2. The number of rotatable bonds is 6. The molecule has 0 spiro atoms. The number of thioether (sulfide) groups is 1. The summed E-state index contributed by atoms with van der Waals surface area (Å²) in [6.45, 7) is 0. The SMILES string of the molecule is O=C(Cc1ccc([N+](=O)[O-])cc1)Nc1cc(CC2SC(=O)NC2=O)ccc1O. The molecule has 2 aromatic carbocycles. The van der Waals surface area contributed by atoms with Gasteiger partial charge in [0.2, 0.25) is 11.8 Å².